The summed E-state index contributed by atoms with van der Waals surface area (Å²) in [4.78, 5) is 172. The molecule has 3 aliphatic rings. The molecule has 3 heterocycles. The monoisotopic (exact) mass is 1420 g/mol. The molecular weight excluding hydrogens is 1330 g/mol. The molecule has 0 bridgehead atoms. The Morgan fingerprint density at radius 2 is 1.05 bits per heavy atom. The first-order valence-electron chi connectivity index (χ1n) is 30.7. The molecule has 43 heteroatoms. The van der Waals surface area contributed by atoms with E-state index in [4.69, 9.17) is 28.4 Å². The molecule has 16 atom stereocenters. The second kappa shape index (κ2) is 42.1. The van der Waals surface area contributed by atoms with Crippen molar-refractivity contribution in [2.45, 2.75) is 151 Å². The molecule has 3 aliphatic heterocycles. The van der Waals surface area contributed by atoms with Gasteiger partial charge in [0, 0.05) is 45.2 Å². The van der Waals surface area contributed by atoms with E-state index in [1.54, 1.807) is 6.92 Å². The first kappa shape index (κ1) is 84.2. The Kier molecular flexibility index (Phi) is 36.1. The molecule has 21 N–H and O–H groups in total. The topological polar surface area (TPSA) is 652 Å². The highest BCUT2D eigenvalue weighted by atomic mass is 16.8. The molecule has 0 spiro atoms. The van der Waals surface area contributed by atoms with Crippen LogP contribution in [0, 0.1) is 5.92 Å². The molecule has 7 unspecified atom stereocenters. The number of amides is 11. The van der Waals surface area contributed by atoms with E-state index in [2.05, 4.69) is 47.9 Å². The van der Waals surface area contributed by atoms with Crippen molar-refractivity contribution in [2.75, 3.05) is 105 Å². The van der Waals surface area contributed by atoms with Crippen LogP contribution in [0.25, 0.3) is 0 Å². The minimum Gasteiger partial charge on any atom is -0.480 e. The molecular formula is C55H89N11O32. The predicted octanol–water partition coefficient (Wildman–Crippen LogP) is -13.2. The molecule has 556 valence electrons. The summed E-state index contributed by atoms with van der Waals surface area (Å²) < 4.78 is 34.2. The summed E-state index contributed by atoms with van der Waals surface area (Å²) in [5, 5.41) is 144. The zero-order valence-corrected chi connectivity index (χ0v) is 53.6. The number of rotatable bonds is 42. The number of carbonyl (C=O) groups is 14. The lowest BCUT2D eigenvalue weighted by molar-refractivity contribution is -0.363. The summed E-state index contributed by atoms with van der Waals surface area (Å²) in [7, 11) is 0. The van der Waals surface area contributed by atoms with Crippen LogP contribution in [-0.2, 0) is 95.5 Å². The lowest BCUT2D eigenvalue weighted by Crippen LogP contribution is -2.68. The maximum atomic E-state index is 12.8. The standard InChI is InChI=1S/C55H89N11O32/c1-4-56-34(74)13-59-35(75)15-60-38(78)19-65(21-42(82)83)41(81)18-63-37(77)16-61-39(79)20-66(22-43(84)85)40(80)17-62-36(76)14-58-33(73)9-6-5-8-32(72)57-10-7-11-93-52-26(2)45(86)50(30(24-68)95-52)97-53-49(90)48(89)47(88)31(96-53)25-94-55(54(91)92)12-28(70)44(64-27(3)69)51(98-55)46(87)29(71)23-67/h26,28-31,44-53,67-68,70-71,86-90H,4-25H2,1-3H3,(H,56,74)(H,57,72)(H,58,73)(H,59,75)(H,60,78)(H,61,79)(H,62,76)(H,63,77)(H,64,69)(H,82,83)(H,84,85)(H,91,92)/t26-,28+,29?,30?,31?,44+,45?,46?,47-,48?,49-,50+,51?,52+,53-,55+/m0/s1. The number of likely N-dealkylation sites (N-methyl/N-ethyl adjacent to an activating group) is 1. The molecule has 0 radical (unpaired) electrons. The van der Waals surface area contributed by atoms with Crippen LogP contribution in [0.5, 0.6) is 0 Å². The number of hydrogen-bond acceptors (Lipinski definition) is 29. The molecule has 0 aromatic heterocycles. The summed E-state index contributed by atoms with van der Waals surface area (Å²) in [6.45, 7) is -6.37. The van der Waals surface area contributed by atoms with Gasteiger partial charge in [-0.1, -0.05) is 6.92 Å². The van der Waals surface area contributed by atoms with Crippen molar-refractivity contribution in [1.29, 1.82) is 0 Å². The Balaban J connectivity index is 1.36. The number of carbonyl (C=O) groups excluding carboxylic acids is 11. The molecule has 98 heavy (non-hydrogen) atoms. The number of carboxylic acid groups (broad SMARTS) is 3. The van der Waals surface area contributed by atoms with Gasteiger partial charge in [0.15, 0.2) is 12.6 Å². The number of aliphatic carboxylic acids is 3. The fraction of sp³-hybridized carbons (Fsp3) is 0.745. The van der Waals surface area contributed by atoms with E-state index in [0.29, 0.717) is 16.3 Å². The fourth-order valence-corrected chi connectivity index (χ4v) is 9.61. The average Bonchev–Trinajstić information content (AvgIpc) is 0.774. The van der Waals surface area contributed by atoms with E-state index in [9.17, 15) is 128 Å². The second-order valence-corrected chi connectivity index (χ2v) is 22.6. The molecule has 11 amide bonds. The highest BCUT2D eigenvalue weighted by Gasteiger charge is 2.57. The first-order valence-corrected chi connectivity index (χ1v) is 30.7. The molecule has 0 aromatic carbocycles. The van der Waals surface area contributed by atoms with Gasteiger partial charge in [-0.2, -0.15) is 0 Å². The van der Waals surface area contributed by atoms with Crippen molar-refractivity contribution >= 4 is 82.9 Å². The smallest absolute Gasteiger partial charge is 0.364 e. The Morgan fingerprint density at radius 1 is 0.571 bits per heavy atom. The number of hydrogen-bond donors (Lipinski definition) is 21. The first-order chi connectivity index (χ1) is 46.2. The lowest BCUT2D eigenvalue weighted by atomic mass is 9.88. The molecule has 43 nitrogen and oxygen atoms in total. The van der Waals surface area contributed by atoms with Crippen molar-refractivity contribution in [2.24, 2.45) is 5.92 Å². The molecule has 3 rings (SSSR count). The number of nitrogens with one attached hydrogen (secondary N) is 9. The SMILES string of the molecule is CCNC(=O)CNC(=O)CNC(=O)CN(CC(=O)O)C(=O)CNC(=O)CNC(=O)CN(CC(=O)O)C(=O)CNC(=O)CNC(=O)CCCCC(=O)NCCCO[C@@H]1OC(CO)[C@@H](O[C@@H]2OC(CO[C@]3(C(=O)O)C[C@@H](O)[C@@H](NC(C)=O)C(C(O)C(O)CO)O3)[C@H](O)C(O)[C@@H]2O)C(O)[C@@H]1C. The number of ether oxygens (including phenoxy) is 6. The van der Waals surface area contributed by atoms with Crippen LogP contribution in [0.15, 0.2) is 0 Å². The van der Waals surface area contributed by atoms with Crippen LogP contribution in [0.1, 0.15) is 59.3 Å². The zero-order chi connectivity index (χ0) is 73.6. The van der Waals surface area contributed by atoms with E-state index in [1.165, 1.54) is 6.92 Å². The zero-order valence-electron chi connectivity index (χ0n) is 53.6. The Hall–Kier alpha value is -8.02. The summed E-state index contributed by atoms with van der Waals surface area (Å²) in [6.07, 6.45) is -23.7. The molecule has 3 fully saturated rings. The third-order valence-corrected chi connectivity index (χ3v) is 14.8. The normalized spacial score (nSPS) is 25.7. The largest absolute Gasteiger partial charge is 0.480 e. The average molecular weight is 1420 g/mol. The molecule has 3 saturated heterocycles. The van der Waals surface area contributed by atoms with Crippen LogP contribution < -0.4 is 47.9 Å². The molecule has 0 aliphatic carbocycles. The van der Waals surface area contributed by atoms with Gasteiger partial charge in [0.25, 0.3) is 5.79 Å². The Bertz CT molecular complexity index is 2740. The number of unbranched alkanes of at least 4 members (excludes halogenated alkanes) is 1. The van der Waals surface area contributed by atoms with E-state index in [0.717, 1.165) is 6.92 Å². The fourth-order valence-electron chi connectivity index (χ4n) is 9.61. The van der Waals surface area contributed by atoms with Crippen LogP contribution in [0.3, 0.4) is 0 Å². The predicted molar refractivity (Wildman–Crippen MR) is 318 cm³/mol. The molecule has 0 saturated carbocycles. The Morgan fingerprint density at radius 3 is 1.53 bits per heavy atom. The number of carboxylic acids is 3. The van der Waals surface area contributed by atoms with Gasteiger partial charge in [0.05, 0.1) is 83.9 Å². The van der Waals surface area contributed by atoms with Gasteiger partial charge in [-0.3, -0.25) is 62.3 Å². The number of aliphatic hydroxyl groups excluding tert-OH is 9. The van der Waals surface area contributed by atoms with Crippen LogP contribution in [0.2, 0.25) is 0 Å². The van der Waals surface area contributed by atoms with Crippen molar-refractivity contribution in [3.05, 3.63) is 0 Å². The van der Waals surface area contributed by atoms with Crippen molar-refractivity contribution in [3.8, 4) is 0 Å². The van der Waals surface area contributed by atoms with Crippen molar-refractivity contribution in [1.82, 2.24) is 57.7 Å². The van der Waals surface area contributed by atoms with E-state index < -0.39 is 266 Å². The highest BCUT2D eigenvalue weighted by Crippen LogP contribution is 2.36. The highest BCUT2D eigenvalue weighted by molar-refractivity contribution is 5.95. The lowest BCUT2D eigenvalue weighted by Gasteiger charge is -2.48. The molecule has 0 aromatic rings. The third kappa shape index (κ3) is 28.1. The van der Waals surface area contributed by atoms with Crippen molar-refractivity contribution in [3.63, 3.8) is 0 Å². The van der Waals surface area contributed by atoms with Gasteiger partial charge in [-0.15, -0.1) is 0 Å². The van der Waals surface area contributed by atoms with Crippen LogP contribution in [-0.4, -0.2) is 350 Å². The third-order valence-electron chi connectivity index (χ3n) is 14.8. The van der Waals surface area contributed by atoms with Gasteiger partial charge in [-0.05, 0) is 26.2 Å². The van der Waals surface area contributed by atoms with Gasteiger partial charge in [0.1, 0.15) is 81.1 Å². The van der Waals surface area contributed by atoms with E-state index in [-0.39, 0.29) is 51.8 Å². The van der Waals surface area contributed by atoms with E-state index in [1.807, 2.05) is 0 Å². The Labute approximate surface area is 557 Å². The minimum atomic E-state index is -2.89. The maximum absolute atomic E-state index is 12.8. The minimum absolute atomic E-state index is 0.0197. The van der Waals surface area contributed by atoms with Gasteiger partial charge in [0.2, 0.25) is 65.0 Å². The summed E-state index contributed by atoms with van der Waals surface area (Å²) in [5.74, 6) is -18.0. The summed E-state index contributed by atoms with van der Waals surface area (Å²) >= 11 is 0. The quantitative estimate of drug-likeness (QED) is 0.0252. The number of nitrogens with zero attached hydrogens (tertiary/aromatic N) is 2. The van der Waals surface area contributed by atoms with Crippen molar-refractivity contribution < 1.29 is 157 Å². The van der Waals surface area contributed by atoms with Crippen LogP contribution in [0.4, 0.5) is 0 Å². The second-order valence-electron chi connectivity index (χ2n) is 22.6. The summed E-state index contributed by atoms with van der Waals surface area (Å²) in [5.41, 5.74) is 0. The van der Waals surface area contributed by atoms with E-state index >= 15 is 0 Å². The number of aliphatic hydroxyl groups is 9. The van der Waals surface area contributed by atoms with Gasteiger partial charge in [-0.25, -0.2) is 4.79 Å². The van der Waals surface area contributed by atoms with Gasteiger partial charge < -0.3 is 147 Å². The summed E-state index contributed by atoms with van der Waals surface area (Å²) in [6, 6.07) is -1.53. The van der Waals surface area contributed by atoms with Crippen LogP contribution >= 0.6 is 0 Å². The maximum Gasteiger partial charge on any atom is 0.364 e. The van der Waals surface area contributed by atoms with Gasteiger partial charge >= 0.3 is 17.9 Å².